The van der Waals surface area contributed by atoms with Gasteiger partial charge in [-0.1, -0.05) is 0 Å². The van der Waals surface area contributed by atoms with Crippen molar-refractivity contribution in [3.05, 3.63) is 47.8 Å². The Balaban J connectivity index is 2.51. The zero-order valence-corrected chi connectivity index (χ0v) is 13.6. The molecule has 0 bridgehead atoms. The molecule has 0 aliphatic rings. The molecule has 2 aromatic carbocycles. The third-order valence-electron chi connectivity index (χ3n) is 3.11. The van der Waals surface area contributed by atoms with E-state index in [-0.39, 0.29) is 27.6 Å². The van der Waals surface area contributed by atoms with Gasteiger partial charge in [-0.25, -0.2) is 17.6 Å². The molecule has 7 nitrogen and oxygen atoms in total. The lowest BCUT2D eigenvalue weighted by Gasteiger charge is -2.14. The van der Waals surface area contributed by atoms with Gasteiger partial charge in [0, 0.05) is 6.07 Å². The number of benzene rings is 2. The predicted molar refractivity (Wildman–Crippen MR) is 83.7 cm³/mol. The molecule has 9 heteroatoms. The summed E-state index contributed by atoms with van der Waals surface area (Å²) in [5.74, 6) is -1.94. The van der Waals surface area contributed by atoms with Crippen LogP contribution in [-0.2, 0) is 10.0 Å². The molecule has 0 amide bonds. The third-order valence-corrected chi connectivity index (χ3v) is 4.49. The smallest absolute Gasteiger partial charge is 0.335 e. The Kier molecular flexibility index (Phi) is 4.93. The van der Waals surface area contributed by atoms with Crippen LogP contribution >= 0.6 is 0 Å². The van der Waals surface area contributed by atoms with Gasteiger partial charge in [-0.05, 0) is 30.3 Å². The molecule has 0 heterocycles. The monoisotopic (exact) mass is 355 g/mol. The molecule has 0 aliphatic carbocycles. The van der Waals surface area contributed by atoms with Crippen LogP contribution in [0.2, 0.25) is 0 Å². The van der Waals surface area contributed by atoms with Crippen LogP contribution in [0.1, 0.15) is 10.4 Å². The number of rotatable bonds is 6. The minimum absolute atomic E-state index is 0.00156. The summed E-state index contributed by atoms with van der Waals surface area (Å²) in [5.41, 5.74) is -0.219. The topological polar surface area (TPSA) is 102 Å². The lowest BCUT2D eigenvalue weighted by Crippen LogP contribution is -2.15. The summed E-state index contributed by atoms with van der Waals surface area (Å²) in [5, 5.41) is 9.02. The maximum absolute atomic E-state index is 13.2. The molecule has 2 N–H and O–H groups in total. The molecule has 0 saturated carbocycles. The van der Waals surface area contributed by atoms with Gasteiger partial charge in [0.25, 0.3) is 10.0 Å². The first-order chi connectivity index (χ1) is 11.3. The van der Waals surface area contributed by atoms with Crippen molar-refractivity contribution in [3.63, 3.8) is 0 Å². The Morgan fingerprint density at radius 2 is 1.75 bits per heavy atom. The lowest BCUT2D eigenvalue weighted by atomic mass is 10.2. The summed E-state index contributed by atoms with van der Waals surface area (Å²) in [6.07, 6.45) is 0. The van der Waals surface area contributed by atoms with Gasteiger partial charge in [-0.2, -0.15) is 0 Å². The van der Waals surface area contributed by atoms with E-state index in [0.29, 0.717) is 0 Å². The maximum Gasteiger partial charge on any atom is 0.335 e. The van der Waals surface area contributed by atoms with Crippen molar-refractivity contribution in [2.75, 3.05) is 18.9 Å². The first-order valence-corrected chi connectivity index (χ1v) is 8.04. The number of methoxy groups -OCH3 is 2. The summed E-state index contributed by atoms with van der Waals surface area (Å²) >= 11 is 0. The third kappa shape index (κ3) is 3.57. The van der Waals surface area contributed by atoms with Gasteiger partial charge >= 0.3 is 5.97 Å². The fourth-order valence-electron chi connectivity index (χ4n) is 1.97. The summed E-state index contributed by atoms with van der Waals surface area (Å²) in [6, 6.07) is 6.70. The molecule has 0 unspecified atom stereocenters. The van der Waals surface area contributed by atoms with E-state index in [2.05, 4.69) is 4.72 Å². The molecule has 0 saturated heterocycles. The Bertz CT molecular complexity index is 882. The number of carboxylic acid groups (broad SMARTS) is 1. The average Bonchev–Trinajstić information content (AvgIpc) is 2.55. The molecule has 0 fully saturated rings. The normalized spacial score (nSPS) is 11.0. The predicted octanol–water partition coefficient (Wildman–Crippen LogP) is 2.34. The van der Waals surface area contributed by atoms with Gasteiger partial charge in [0.1, 0.15) is 22.2 Å². The number of aromatic carboxylic acids is 1. The SMILES string of the molecule is COc1cc(F)ccc1NS(=O)(=O)c1cc(C(=O)O)ccc1OC. The molecule has 24 heavy (non-hydrogen) atoms. The molecule has 2 rings (SSSR count). The van der Waals surface area contributed by atoms with Crippen LogP contribution in [0.4, 0.5) is 10.1 Å². The Morgan fingerprint density at radius 1 is 1.08 bits per heavy atom. The number of hydrogen-bond donors (Lipinski definition) is 2. The Morgan fingerprint density at radius 3 is 2.33 bits per heavy atom. The van der Waals surface area contributed by atoms with Crippen LogP contribution in [0.25, 0.3) is 0 Å². The Hall–Kier alpha value is -2.81. The van der Waals surface area contributed by atoms with E-state index in [4.69, 9.17) is 14.6 Å². The number of hydrogen-bond acceptors (Lipinski definition) is 5. The molecule has 2 aromatic rings. The van der Waals surface area contributed by atoms with Crippen LogP contribution in [0.15, 0.2) is 41.3 Å². The molecule has 0 aromatic heterocycles. The van der Waals surface area contributed by atoms with Crippen molar-refractivity contribution in [1.82, 2.24) is 0 Å². The van der Waals surface area contributed by atoms with Gasteiger partial charge in [0.2, 0.25) is 0 Å². The van der Waals surface area contributed by atoms with Crippen LogP contribution in [0.3, 0.4) is 0 Å². The maximum atomic E-state index is 13.2. The van der Waals surface area contributed by atoms with Crippen LogP contribution in [-0.4, -0.2) is 33.7 Å². The van der Waals surface area contributed by atoms with Gasteiger partial charge in [0.05, 0.1) is 25.5 Å². The molecule has 0 radical (unpaired) electrons. The van der Waals surface area contributed by atoms with Gasteiger partial charge in [0.15, 0.2) is 0 Å². The van der Waals surface area contributed by atoms with Crippen LogP contribution in [0.5, 0.6) is 11.5 Å². The van der Waals surface area contributed by atoms with E-state index in [1.54, 1.807) is 0 Å². The van der Waals surface area contributed by atoms with Gasteiger partial charge < -0.3 is 14.6 Å². The molecular formula is C15H14FNO6S. The summed E-state index contributed by atoms with van der Waals surface area (Å²) in [6.45, 7) is 0. The first kappa shape index (κ1) is 17.5. The minimum atomic E-state index is -4.20. The zero-order chi connectivity index (χ0) is 17.9. The van der Waals surface area contributed by atoms with Gasteiger partial charge in [-0.3, -0.25) is 4.72 Å². The largest absolute Gasteiger partial charge is 0.495 e. The van der Waals surface area contributed by atoms with Gasteiger partial charge in [-0.15, -0.1) is 0 Å². The van der Waals surface area contributed by atoms with Crippen molar-refractivity contribution in [2.45, 2.75) is 4.90 Å². The van der Waals surface area contributed by atoms with E-state index in [1.807, 2.05) is 0 Å². The molecule has 128 valence electrons. The minimum Gasteiger partial charge on any atom is -0.495 e. The number of halogens is 1. The average molecular weight is 355 g/mol. The summed E-state index contributed by atoms with van der Waals surface area (Å²) in [4.78, 5) is 10.7. The number of anilines is 1. The number of sulfonamides is 1. The highest BCUT2D eigenvalue weighted by Crippen LogP contribution is 2.31. The Labute approximate surface area is 137 Å². The standard InChI is InChI=1S/C15H14FNO6S/c1-22-12-6-3-9(15(18)19)7-14(12)24(20,21)17-11-5-4-10(16)8-13(11)23-2/h3-8,17H,1-2H3,(H,18,19). The number of carbonyl (C=O) groups is 1. The quantitative estimate of drug-likeness (QED) is 0.825. The number of ether oxygens (including phenoxy) is 2. The fourth-order valence-corrected chi connectivity index (χ4v) is 3.24. The molecular weight excluding hydrogens is 341 g/mol. The second kappa shape index (κ2) is 6.75. The first-order valence-electron chi connectivity index (χ1n) is 6.56. The second-order valence-corrected chi connectivity index (χ2v) is 6.27. The van der Waals surface area contributed by atoms with Crippen molar-refractivity contribution in [2.24, 2.45) is 0 Å². The molecule has 0 spiro atoms. The van der Waals surface area contributed by atoms with E-state index in [1.165, 1.54) is 32.4 Å². The second-order valence-electron chi connectivity index (χ2n) is 4.62. The zero-order valence-electron chi connectivity index (χ0n) is 12.7. The van der Waals surface area contributed by atoms with E-state index < -0.39 is 21.8 Å². The van der Waals surface area contributed by atoms with E-state index >= 15 is 0 Å². The van der Waals surface area contributed by atoms with Crippen molar-refractivity contribution in [1.29, 1.82) is 0 Å². The summed E-state index contributed by atoms with van der Waals surface area (Å²) in [7, 11) is -1.68. The van der Waals surface area contributed by atoms with Crippen molar-refractivity contribution < 1.29 is 32.2 Å². The van der Waals surface area contributed by atoms with Crippen molar-refractivity contribution in [3.8, 4) is 11.5 Å². The molecule has 0 atom stereocenters. The number of carboxylic acids is 1. The molecule has 0 aliphatic heterocycles. The highest BCUT2D eigenvalue weighted by Gasteiger charge is 2.23. The lowest BCUT2D eigenvalue weighted by molar-refractivity contribution is 0.0696. The van der Waals surface area contributed by atoms with Crippen LogP contribution in [0, 0.1) is 5.82 Å². The van der Waals surface area contributed by atoms with Crippen molar-refractivity contribution >= 4 is 21.7 Å². The highest BCUT2D eigenvalue weighted by atomic mass is 32.2. The van der Waals surface area contributed by atoms with E-state index in [0.717, 1.165) is 18.2 Å². The highest BCUT2D eigenvalue weighted by molar-refractivity contribution is 7.92. The summed E-state index contributed by atoms with van der Waals surface area (Å²) < 4.78 is 50.5. The number of nitrogens with one attached hydrogen (secondary N) is 1. The van der Waals surface area contributed by atoms with E-state index in [9.17, 15) is 17.6 Å². The fraction of sp³-hybridized carbons (Fsp3) is 0.133. The van der Waals surface area contributed by atoms with Crippen LogP contribution < -0.4 is 14.2 Å².